The Morgan fingerprint density at radius 2 is 2.16 bits per heavy atom. The molecule has 0 unspecified atom stereocenters. The summed E-state index contributed by atoms with van der Waals surface area (Å²) < 4.78 is 24.2. The Morgan fingerprint density at radius 1 is 1.37 bits per heavy atom. The molecule has 3 nitrogen and oxygen atoms in total. The Bertz CT molecular complexity index is 614. The van der Waals surface area contributed by atoms with Gasteiger partial charge in [-0.3, -0.25) is 0 Å². The van der Waals surface area contributed by atoms with E-state index in [1.54, 1.807) is 37.6 Å². The fraction of sp³-hybridized carbons (Fsp3) is 0.267. The van der Waals surface area contributed by atoms with Crippen LogP contribution in [0.3, 0.4) is 0 Å². The summed E-state index contributed by atoms with van der Waals surface area (Å²) in [5, 5.41) is 4.04. The van der Waals surface area contributed by atoms with Gasteiger partial charge >= 0.3 is 0 Å². The monoisotopic (exact) mass is 259 g/mol. The van der Waals surface area contributed by atoms with E-state index in [1.807, 2.05) is 0 Å². The number of hydrogen-bond acceptors (Lipinski definition) is 3. The van der Waals surface area contributed by atoms with Gasteiger partial charge in [0.2, 0.25) is 0 Å². The van der Waals surface area contributed by atoms with Gasteiger partial charge in [0.25, 0.3) is 0 Å². The molecule has 1 saturated carbocycles. The van der Waals surface area contributed by atoms with E-state index in [0.29, 0.717) is 17.2 Å². The summed E-state index contributed by atoms with van der Waals surface area (Å²) >= 11 is 0. The van der Waals surface area contributed by atoms with Crippen LogP contribution in [0.1, 0.15) is 30.1 Å². The number of ether oxygens (including phenoxy) is 1. The summed E-state index contributed by atoms with van der Waals surface area (Å²) in [6.07, 6.45) is 5.54. The van der Waals surface area contributed by atoms with Crippen molar-refractivity contribution in [2.45, 2.75) is 18.8 Å². The number of benzene rings is 1. The van der Waals surface area contributed by atoms with Crippen LogP contribution in [0.2, 0.25) is 0 Å². The molecule has 2 aromatic rings. The van der Waals surface area contributed by atoms with E-state index in [0.717, 1.165) is 24.2 Å². The molecule has 1 heterocycles. The molecule has 3 rings (SSSR count). The largest absolute Gasteiger partial charge is 0.504 e. The van der Waals surface area contributed by atoms with Crippen molar-refractivity contribution in [1.82, 2.24) is 5.16 Å². The van der Waals surface area contributed by atoms with Crippen LogP contribution in [0, 0.1) is 5.82 Å². The summed E-state index contributed by atoms with van der Waals surface area (Å²) in [6, 6.07) is 6.57. The van der Waals surface area contributed by atoms with Crippen LogP contribution in [0.25, 0.3) is 17.3 Å². The molecule has 19 heavy (non-hydrogen) atoms. The zero-order chi connectivity index (χ0) is 13.2. The Labute approximate surface area is 110 Å². The number of hydrogen-bond donors (Lipinski definition) is 0. The topological polar surface area (TPSA) is 35.3 Å². The summed E-state index contributed by atoms with van der Waals surface area (Å²) in [6.45, 7) is 0. The maximum atomic E-state index is 13.9. The van der Waals surface area contributed by atoms with Gasteiger partial charge in [-0.05, 0) is 31.1 Å². The van der Waals surface area contributed by atoms with E-state index in [2.05, 4.69) is 5.16 Å². The van der Waals surface area contributed by atoms with Crippen molar-refractivity contribution in [3.63, 3.8) is 0 Å². The van der Waals surface area contributed by atoms with Gasteiger partial charge in [-0.15, -0.1) is 0 Å². The van der Waals surface area contributed by atoms with Gasteiger partial charge in [0.15, 0.2) is 0 Å². The maximum Gasteiger partial charge on any atom is 0.147 e. The molecule has 0 radical (unpaired) electrons. The summed E-state index contributed by atoms with van der Waals surface area (Å²) in [5.74, 6) is 0.932. The molecular weight excluding hydrogens is 245 g/mol. The van der Waals surface area contributed by atoms with Crippen LogP contribution >= 0.6 is 0 Å². The van der Waals surface area contributed by atoms with Crippen molar-refractivity contribution in [3.8, 4) is 11.3 Å². The van der Waals surface area contributed by atoms with Crippen LogP contribution in [-0.2, 0) is 4.74 Å². The van der Waals surface area contributed by atoms with E-state index in [-0.39, 0.29) is 5.82 Å². The second-order valence-electron chi connectivity index (χ2n) is 4.60. The van der Waals surface area contributed by atoms with Gasteiger partial charge in [-0.2, -0.15) is 0 Å². The van der Waals surface area contributed by atoms with Crippen LogP contribution < -0.4 is 0 Å². The van der Waals surface area contributed by atoms with Gasteiger partial charge in [-0.1, -0.05) is 17.3 Å². The highest BCUT2D eigenvalue weighted by atomic mass is 19.1. The fourth-order valence-corrected chi connectivity index (χ4v) is 2.09. The van der Waals surface area contributed by atoms with Crippen molar-refractivity contribution in [2.24, 2.45) is 0 Å². The predicted octanol–water partition coefficient (Wildman–Crippen LogP) is 3.98. The molecule has 1 aliphatic carbocycles. The summed E-state index contributed by atoms with van der Waals surface area (Å²) in [4.78, 5) is 0. The molecule has 4 heteroatoms. The van der Waals surface area contributed by atoms with Crippen molar-refractivity contribution in [1.29, 1.82) is 0 Å². The van der Waals surface area contributed by atoms with Gasteiger partial charge in [0.05, 0.1) is 13.4 Å². The van der Waals surface area contributed by atoms with Gasteiger partial charge < -0.3 is 9.26 Å². The van der Waals surface area contributed by atoms with E-state index in [9.17, 15) is 4.39 Å². The van der Waals surface area contributed by atoms with Crippen LogP contribution in [0.15, 0.2) is 35.1 Å². The Hall–Kier alpha value is -2.10. The quantitative estimate of drug-likeness (QED) is 0.779. The first-order chi connectivity index (χ1) is 9.31. The minimum atomic E-state index is -0.301. The average Bonchev–Trinajstić information content (AvgIpc) is 3.18. The summed E-state index contributed by atoms with van der Waals surface area (Å²) in [5.41, 5.74) is 1.80. The van der Waals surface area contributed by atoms with Crippen LogP contribution in [0.4, 0.5) is 4.39 Å². The number of halogens is 1. The lowest BCUT2D eigenvalue weighted by Crippen LogP contribution is -1.87. The van der Waals surface area contributed by atoms with Crippen LogP contribution in [0.5, 0.6) is 0 Å². The Morgan fingerprint density at radius 3 is 2.84 bits per heavy atom. The van der Waals surface area contributed by atoms with E-state index in [1.165, 1.54) is 6.07 Å². The highest BCUT2D eigenvalue weighted by Gasteiger charge is 2.32. The van der Waals surface area contributed by atoms with Gasteiger partial charge in [0.1, 0.15) is 17.3 Å². The second-order valence-corrected chi connectivity index (χ2v) is 4.60. The van der Waals surface area contributed by atoms with Crippen LogP contribution in [-0.4, -0.2) is 12.3 Å². The number of nitrogens with zero attached hydrogens (tertiary/aromatic N) is 1. The zero-order valence-corrected chi connectivity index (χ0v) is 10.6. The van der Waals surface area contributed by atoms with Crippen molar-refractivity contribution >= 4 is 6.08 Å². The lowest BCUT2D eigenvalue weighted by molar-refractivity contribution is 0.341. The first-order valence-electron chi connectivity index (χ1n) is 6.25. The molecule has 0 spiro atoms. The molecule has 1 aromatic carbocycles. The maximum absolute atomic E-state index is 13.9. The van der Waals surface area contributed by atoms with Crippen molar-refractivity contribution in [2.75, 3.05) is 7.11 Å². The molecule has 1 aliphatic rings. The highest BCUT2D eigenvalue weighted by molar-refractivity contribution is 5.73. The lowest BCUT2D eigenvalue weighted by Gasteiger charge is -2.00. The SMILES string of the molecule is CO/C=C/c1c(-c2ccccc2F)noc1C1CC1. The van der Waals surface area contributed by atoms with E-state index in [4.69, 9.17) is 9.26 Å². The normalized spacial score (nSPS) is 15.1. The van der Waals surface area contributed by atoms with Gasteiger partial charge in [0, 0.05) is 17.0 Å². The smallest absolute Gasteiger partial charge is 0.147 e. The molecule has 0 aliphatic heterocycles. The first-order valence-corrected chi connectivity index (χ1v) is 6.25. The third-order valence-corrected chi connectivity index (χ3v) is 3.20. The van der Waals surface area contributed by atoms with Crippen molar-refractivity contribution in [3.05, 3.63) is 47.7 Å². The number of methoxy groups -OCH3 is 1. The molecule has 0 N–H and O–H groups in total. The Balaban J connectivity index is 2.10. The molecule has 1 aromatic heterocycles. The number of aromatic nitrogens is 1. The molecule has 98 valence electrons. The van der Waals surface area contributed by atoms with Gasteiger partial charge in [-0.25, -0.2) is 4.39 Å². The van der Waals surface area contributed by atoms with Crippen molar-refractivity contribution < 1.29 is 13.7 Å². The third-order valence-electron chi connectivity index (χ3n) is 3.20. The highest BCUT2D eigenvalue weighted by Crippen LogP contribution is 2.44. The first kappa shape index (κ1) is 12.0. The van der Waals surface area contributed by atoms with E-state index < -0.39 is 0 Å². The predicted molar refractivity (Wildman–Crippen MR) is 69.9 cm³/mol. The van der Waals surface area contributed by atoms with E-state index >= 15 is 0 Å². The molecule has 0 saturated heterocycles. The summed E-state index contributed by atoms with van der Waals surface area (Å²) in [7, 11) is 1.57. The minimum Gasteiger partial charge on any atom is -0.504 e. The molecule has 0 atom stereocenters. The standard InChI is InChI=1S/C15H14FNO2/c1-18-9-8-12-14(11-4-2-3-5-13(11)16)17-19-15(12)10-6-7-10/h2-5,8-10H,6-7H2,1H3/b9-8+. The fourth-order valence-electron chi connectivity index (χ4n) is 2.09. The Kier molecular flexibility index (Phi) is 3.07. The molecular formula is C15H14FNO2. The molecule has 1 fully saturated rings. The minimum absolute atomic E-state index is 0.301. The lowest BCUT2D eigenvalue weighted by atomic mass is 10.0. The molecule has 0 bridgehead atoms. The second kappa shape index (κ2) is 4.88. The zero-order valence-electron chi connectivity index (χ0n) is 10.6. The molecule has 0 amide bonds. The third kappa shape index (κ3) is 2.26. The average molecular weight is 259 g/mol. The number of rotatable bonds is 4.